The molecule has 0 bridgehead atoms. The van der Waals surface area contributed by atoms with Gasteiger partial charge in [-0.3, -0.25) is 9.59 Å². The average Bonchev–Trinajstić information content (AvgIpc) is 2.81. The Hall–Kier alpha value is -2.96. The van der Waals surface area contributed by atoms with E-state index in [0.29, 0.717) is 6.42 Å². The molecule has 0 heterocycles. The summed E-state index contributed by atoms with van der Waals surface area (Å²) in [5.41, 5.74) is 3.84. The minimum atomic E-state index is -1.02. The van der Waals surface area contributed by atoms with Crippen LogP contribution in [-0.4, -0.2) is 41.5 Å². The standard InChI is InChI=1S/C29H38O6/c1-7-29(4,5)28(33)35-27(21-11-9-8-10-12-21)25-16-19(2)15-20(3)24(25)14-13-22(30)17-23(31)18-26(32)34-6/h8-16,22-23,27,30-31H,7,17-18H2,1-6H3/t22-,23-,27?/m1/s1. The zero-order valence-electron chi connectivity index (χ0n) is 21.6. The molecule has 3 atom stereocenters. The van der Waals surface area contributed by atoms with Crippen LogP contribution in [-0.2, 0) is 19.1 Å². The van der Waals surface area contributed by atoms with Crippen LogP contribution in [0.1, 0.15) is 74.0 Å². The molecular weight excluding hydrogens is 444 g/mol. The van der Waals surface area contributed by atoms with Crippen LogP contribution in [0.3, 0.4) is 0 Å². The van der Waals surface area contributed by atoms with Gasteiger partial charge in [0.1, 0.15) is 0 Å². The molecule has 2 rings (SSSR count). The zero-order chi connectivity index (χ0) is 26.2. The fourth-order valence-electron chi connectivity index (χ4n) is 3.73. The van der Waals surface area contributed by atoms with E-state index in [2.05, 4.69) is 4.74 Å². The summed E-state index contributed by atoms with van der Waals surface area (Å²) in [6.07, 6.45) is 1.20. The van der Waals surface area contributed by atoms with E-state index in [9.17, 15) is 19.8 Å². The Bertz CT molecular complexity index is 1020. The Morgan fingerprint density at radius 3 is 2.34 bits per heavy atom. The number of carbonyl (C=O) groups excluding carboxylic acids is 2. The molecule has 2 aromatic carbocycles. The molecule has 0 aliphatic carbocycles. The minimum absolute atomic E-state index is 0.00632. The summed E-state index contributed by atoms with van der Waals surface area (Å²) in [5.74, 6) is -0.818. The van der Waals surface area contributed by atoms with Crippen LogP contribution in [0.2, 0.25) is 0 Å². The Labute approximate surface area is 208 Å². The highest BCUT2D eigenvalue weighted by atomic mass is 16.5. The van der Waals surface area contributed by atoms with E-state index >= 15 is 0 Å². The molecule has 0 aliphatic heterocycles. The molecule has 0 aliphatic rings. The number of benzene rings is 2. The normalized spacial score (nSPS) is 14.4. The van der Waals surface area contributed by atoms with Gasteiger partial charge in [-0.1, -0.05) is 67.1 Å². The number of hydrogen-bond donors (Lipinski definition) is 2. The predicted molar refractivity (Wildman–Crippen MR) is 137 cm³/mol. The lowest BCUT2D eigenvalue weighted by molar-refractivity contribution is -0.158. The van der Waals surface area contributed by atoms with Gasteiger partial charge in [-0.15, -0.1) is 0 Å². The van der Waals surface area contributed by atoms with Crippen LogP contribution in [0.4, 0.5) is 0 Å². The van der Waals surface area contributed by atoms with Gasteiger partial charge in [-0.05, 0) is 50.8 Å². The van der Waals surface area contributed by atoms with Gasteiger partial charge in [-0.25, -0.2) is 0 Å². The van der Waals surface area contributed by atoms with Gasteiger partial charge in [0.15, 0.2) is 6.10 Å². The largest absolute Gasteiger partial charge is 0.469 e. The number of carbonyl (C=O) groups is 2. The monoisotopic (exact) mass is 482 g/mol. The fourth-order valence-corrected chi connectivity index (χ4v) is 3.73. The molecule has 190 valence electrons. The van der Waals surface area contributed by atoms with E-state index in [1.165, 1.54) is 7.11 Å². The second-order valence-electron chi connectivity index (χ2n) is 9.61. The summed E-state index contributed by atoms with van der Waals surface area (Å²) in [4.78, 5) is 24.5. The molecule has 35 heavy (non-hydrogen) atoms. The maximum absolute atomic E-state index is 13.1. The van der Waals surface area contributed by atoms with Gasteiger partial charge in [0.05, 0.1) is 31.2 Å². The van der Waals surface area contributed by atoms with E-state index in [1.54, 1.807) is 12.2 Å². The molecule has 2 N–H and O–H groups in total. The molecule has 0 amide bonds. The van der Waals surface area contributed by atoms with E-state index in [1.807, 2.05) is 77.1 Å². The smallest absolute Gasteiger partial charge is 0.312 e. The number of esters is 2. The highest BCUT2D eigenvalue weighted by molar-refractivity contribution is 5.76. The summed E-state index contributed by atoms with van der Waals surface area (Å²) < 4.78 is 10.7. The zero-order valence-corrected chi connectivity index (χ0v) is 21.6. The van der Waals surface area contributed by atoms with Crippen molar-refractivity contribution in [2.45, 2.75) is 72.2 Å². The molecule has 0 aromatic heterocycles. The number of aliphatic hydroxyl groups is 2. The quantitative estimate of drug-likeness (QED) is 0.435. The number of aliphatic hydroxyl groups excluding tert-OH is 2. The van der Waals surface area contributed by atoms with Crippen molar-refractivity contribution < 1.29 is 29.3 Å². The van der Waals surface area contributed by atoms with Gasteiger partial charge < -0.3 is 19.7 Å². The summed E-state index contributed by atoms with van der Waals surface area (Å²) in [6, 6.07) is 13.6. The van der Waals surface area contributed by atoms with Crippen molar-refractivity contribution in [3.8, 4) is 0 Å². The Balaban J connectivity index is 2.45. The molecule has 0 radical (unpaired) electrons. The van der Waals surface area contributed by atoms with Crippen molar-refractivity contribution in [2.75, 3.05) is 7.11 Å². The van der Waals surface area contributed by atoms with Gasteiger partial charge in [-0.2, -0.15) is 0 Å². The number of aryl methyl sites for hydroxylation is 2. The van der Waals surface area contributed by atoms with Crippen LogP contribution >= 0.6 is 0 Å². The summed E-state index contributed by atoms with van der Waals surface area (Å²) >= 11 is 0. The number of hydrogen-bond acceptors (Lipinski definition) is 6. The molecule has 2 aromatic rings. The average molecular weight is 483 g/mol. The summed E-state index contributed by atoms with van der Waals surface area (Å²) in [5, 5.41) is 20.5. The summed E-state index contributed by atoms with van der Waals surface area (Å²) in [7, 11) is 1.25. The van der Waals surface area contributed by atoms with Crippen molar-refractivity contribution in [3.63, 3.8) is 0 Å². The van der Waals surface area contributed by atoms with Crippen LogP contribution in [0.25, 0.3) is 6.08 Å². The van der Waals surface area contributed by atoms with E-state index in [0.717, 1.165) is 27.8 Å². The Kier molecular flexibility index (Phi) is 10.2. The van der Waals surface area contributed by atoms with Gasteiger partial charge in [0.25, 0.3) is 0 Å². The molecular formula is C29H38O6. The Morgan fingerprint density at radius 1 is 1.09 bits per heavy atom. The second kappa shape index (κ2) is 12.7. The highest BCUT2D eigenvalue weighted by Gasteiger charge is 2.31. The maximum atomic E-state index is 13.1. The van der Waals surface area contributed by atoms with Crippen molar-refractivity contribution in [1.29, 1.82) is 0 Å². The first-order valence-corrected chi connectivity index (χ1v) is 12.0. The Morgan fingerprint density at radius 2 is 1.74 bits per heavy atom. The lowest BCUT2D eigenvalue weighted by Gasteiger charge is -2.27. The first-order chi connectivity index (χ1) is 16.5. The number of rotatable bonds is 11. The van der Waals surface area contributed by atoms with Crippen LogP contribution in [0.5, 0.6) is 0 Å². The molecule has 0 saturated heterocycles. The summed E-state index contributed by atoms with van der Waals surface area (Å²) in [6.45, 7) is 9.65. The highest BCUT2D eigenvalue weighted by Crippen LogP contribution is 2.35. The third kappa shape index (κ3) is 8.05. The molecule has 0 saturated carbocycles. The third-order valence-corrected chi connectivity index (χ3v) is 6.24. The van der Waals surface area contributed by atoms with Crippen molar-refractivity contribution in [1.82, 2.24) is 0 Å². The molecule has 0 fully saturated rings. The predicted octanol–water partition coefficient (Wildman–Crippen LogP) is 5.06. The van der Waals surface area contributed by atoms with E-state index in [-0.39, 0.29) is 18.8 Å². The SMILES string of the molecule is CCC(C)(C)C(=O)OC(c1ccccc1)c1cc(C)cc(C)c1C=C[C@@H](O)C[C@@H](O)CC(=O)OC. The lowest BCUT2D eigenvalue weighted by Crippen LogP contribution is -2.28. The second-order valence-corrected chi connectivity index (χ2v) is 9.61. The van der Waals surface area contributed by atoms with Gasteiger partial charge in [0.2, 0.25) is 0 Å². The van der Waals surface area contributed by atoms with Crippen molar-refractivity contribution >= 4 is 18.0 Å². The lowest BCUT2D eigenvalue weighted by atomic mass is 9.89. The number of ether oxygens (including phenoxy) is 2. The van der Waals surface area contributed by atoms with E-state index in [4.69, 9.17) is 4.74 Å². The van der Waals surface area contributed by atoms with Gasteiger partial charge >= 0.3 is 11.9 Å². The topological polar surface area (TPSA) is 93.1 Å². The van der Waals surface area contributed by atoms with Crippen LogP contribution in [0.15, 0.2) is 48.5 Å². The third-order valence-electron chi connectivity index (χ3n) is 6.24. The van der Waals surface area contributed by atoms with Gasteiger partial charge in [0, 0.05) is 12.0 Å². The molecule has 0 spiro atoms. The van der Waals surface area contributed by atoms with Crippen LogP contribution < -0.4 is 0 Å². The molecule has 6 heteroatoms. The fraction of sp³-hybridized carbons (Fsp3) is 0.448. The van der Waals surface area contributed by atoms with Crippen molar-refractivity contribution in [2.24, 2.45) is 5.41 Å². The van der Waals surface area contributed by atoms with Crippen LogP contribution in [0, 0.1) is 19.3 Å². The minimum Gasteiger partial charge on any atom is -0.469 e. The first-order valence-electron chi connectivity index (χ1n) is 12.0. The van der Waals surface area contributed by atoms with E-state index < -0.39 is 29.7 Å². The molecule has 1 unspecified atom stereocenters. The van der Waals surface area contributed by atoms with Crippen molar-refractivity contribution in [3.05, 3.63) is 76.4 Å². The first kappa shape index (κ1) is 28.3. The number of methoxy groups -OCH3 is 1. The maximum Gasteiger partial charge on any atom is 0.312 e. The molecule has 6 nitrogen and oxygen atoms in total.